The Morgan fingerprint density at radius 2 is 2.50 bits per heavy atom. The van der Waals surface area contributed by atoms with Gasteiger partial charge in [0.05, 0.1) is 18.3 Å². The fourth-order valence-corrected chi connectivity index (χ4v) is 1.75. The largest absolute Gasteiger partial charge is 0.478 e. The van der Waals surface area contributed by atoms with Crippen molar-refractivity contribution in [2.75, 3.05) is 24.6 Å². The number of rotatable bonds is 2. The van der Waals surface area contributed by atoms with Crippen LogP contribution in [-0.2, 0) is 4.74 Å². The lowest BCUT2D eigenvalue weighted by Gasteiger charge is -2.32. The average Bonchev–Trinajstić information content (AvgIpc) is 2.29. The van der Waals surface area contributed by atoms with Crippen LogP contribution in [-0.4, -0.2) is 41.9 Å². The number of morpholine rings is 1. The van der Waals surface area contributed by atoms with Crippen molar-refractivity contribution < 1.29 is 14.6 Å². The summed E-state index contributed by atoms with van der Waals surface area (Å²) in [6.45, 7) is 4.14. The maximum atomic E-state index is 10.8. The smallest absolute Gasteiger partial charge is 0.335 e. The van der Waals surface area contributed by atoms with Crippen LogP contribution in [0.2, 0.25) is 0 Å². The number of carboxylic acid groups (broad SMARTS) is 1. The highest BCUT2D eigenvalue weighted by molar-refractivity contribution is 5.88. The van der Waals surface area contributed by atoms with Crippen LogP contribution in [0.25, 0.3) is 0 Å². The second-order valence-corrected chi connectivity index (χ2v) is 3.84. The highest BCUT2D eigenvalue weighted by Crippen LogP contribution is 2.16. The van der Waals surface area contributed by atoms with E-state index in [1.54, 1.807) is 6.07 Å². The maximum absolute atomic E-state index is 10.8. The van der Waals surface area contributed by atoms with E-state index in [1.807, 2.05) is 11.8 Å². The zero-order chi connectivity index (χ0) is 11.5. The van der Waals surface area contributed by atoms with Gasteiger partial charge in [0.1, 0.15) is 5.82 Å². The van der Waals surface area contributed by atoms with Gasteiger partial charge in [-0.1, -0.05) is 0 Å². The van der Waals surface area contributed by atoms with E-state index in [9.17, 15) is 4.79 Å². The molecule has 1 saturated heterocycles. The van der Waals surface area contributed by atoms with Crippen LogP contribution in [0.15, 0.2) is 18.3 Å². The minimum absolute atomic E-state index is 0.157. The minimum Gasteiger partial charge on any atom is -0.478 e. The molecule has 0 radical (unpaired) electrons. The number of nitrogens with zero attached hydrogens (tertiary/aromatic N) is 2. The summed E-state index contributed by atoms with van der Waals surface area (Å²) in [6.07, 6.45) is 1.68. The molecule has 5 nitrogen and oxygen atoms in total. The van der Waals surface area contributed by atoms with Crippen molar-refractivity contribution in [2.45, 2.75) is 13.0 Å². The van der Waals surface area contributed by atoms with Gasteiger partial charge in [0.15, 0.2) is 0 Å². The summed E-state index contributed by atoms with van der Waals surface area (Å²) in [5, 5.41) is 8.89. The van der Waals surface area contributed by atoms with Gasteiger partial charge in [0, 0.05) is 19.3 Å². The Labute approximate surface area is 93.7 Å². The van der Waals surface area contributed by atoms with Crippen LogP contribution in [0.4, 0.5) is 5.82 Å². The first-order chi connectivity index (χ1) is 7.66. The molecule has 0 spiro atoms. The van der Waals surface area contributed by atoms with Gasteiger partial charge in [0.25, 0.3) is 0 Å². The lowest BCUT2D eigenvalue weighted by Crippen LogP contribution is -2.41. The summed E-state index contributed by atoms with van der Waals surface area (Å²) >= 11 is 0. The molecule has 1 aliphatic rings. The molecule has 1 fully saturated rings. The van der Waals surface area contributed by atoms with E-state index in [2.05, 4.69) is 4.98 Å². The molecule has 0 aromatic carbocycles. The Balaban J connectivity index is 2.19. The van der Waals surface area contributed by atoms with Crippen molar-refractivity contribution in [3.05, 3.63) is 23.9 Å². The number of hydrogen-bond donors (Lipinski definition) is 1. The molecule has 5 heteroatoms. The van der Waals surface area contributed by atoms with Gasteiger partial charge in [0.2, 0.25) is 0 Å². The van der Waals surface area contributed by atoms with Gasteiger partial charge in [-0.15, -0.1) is 0 Å². The highest BCUT2D eigenvalue weighted by atomic mass is 16.5. The standard InChI is InChI=1S/C11H14N2O3/c1-8-7-13(4-5-16-8)10-6-9(11(14)15)2-3-12-10/h2-3,6,8H,4-5,7H2,1H3,(H,14,15)/t8-/m0/s1. The summed E-state index contributed by atoms with van der Waals surface area (Å²) in [7, 11) is 0. The van der Waals surface area contributed by atoms with Crippen LogP contribution in [0.5, 0.6) is 0 Å². The number of hydrogen-bond acceptors (Lipinski definition) is 4. The normalized spacial score (nSPS) is 20.8. The molecule has 1 N–H and O–H groups in total. The molecule has 1 aromatic heterocycles. The summed E-state index contributed by atoms with van der Waals surface area (Å²) in [5.74, 6) is -0.222. The van der Waals surface area contributed by atoms with Gasteiger partial charge < -0.3 is 14.7 Å². The van der Waals surface area contributed by atoms with E-state index in [4.69, 9.17) is 9.84 Å². The number of anilines is 1. The molecule has 16 heavy (non-hydrogen) atoms. The minimum atomic E-state index is -0.926. The quantitative estimate of drug-likeness (QED) is 0.809. The summed E-state index contributed by atoms with van der Waals surface area (Å²) in [5.41, 5.74) is 0.268. The van der Waals surface area contributed by atoms with E-state index in [0.29, 0.717) is 12.4 Å². The number of ether oxygens (including phenoxy) is 1. The molecular weight excluding hydrogens is 208 g/mol. The first kappa shape index (κ1) is 10.9. The van der Waals surface area contributed by atoms with Crippen LogP contribution >= 0.6 is 0 Å². The number of pyridine rings is 1. The predicted molar refractivity (Wildman–Crippen MR) is 58.8 cm³/mol. The molecule has 1 aromatic rings. The van der Waals surface area contributed by atoms with Crippen molar-refractivity contribution in [3.8, 4) is 0 Å². The van der Waals surface area contributed by atoms with Crippen LogP contribution in [0.3, 0.4) is 0 Å². The predicted octanol–water partition coefficient (Wildman–Crippen LogP) is 1.00. The summed E-state index contributed by atoms with van der Waals surface area (Å²) in [4.78, 5) is 17.1. The molecule has 2 rings (SSSR count). The molecule has 0 aliphatic carbocycles. The zero-order valence-corrected chi connectivity index (χ0v) is 9.09. The van der Waals surface area contributed by atoms with Crippen molar-refractivity contribution in [1.82, 2.24) is 4.98 Å². The van der Waals surface area contributed by atoms with Crippen LogP contribution in [0.1, 0.15) is 17.3 Å². The summed E-state index contributed by atoms with van der Waals surface area (Å²) in [6, 6.07) is 3.09. The van der Waals surface area contributed by atoms with E-state index in [-0.39, 0.29) is 11.7 Å². The second-order valence-electron chi connectivity index (χ2n) is 3.84. The molecule has 86 valence electrons. The van der Waals surface area contributed by atoms with E-state index in [1.165, 1.54) is 12.3 Å². The Morgan fingerprint density at radius 1 is 1.69 bits per heavy atom. The number of aromatic carboxylic acids is 1. The molecular formula is C11H14N2O3. The lowest BCUT2D eigenvalue weighted by atomic mass is 10.2. The van der Waals surface area contributed by atoms with E-state index in [0.717, 1.165) is 13.1 Å². The monoisotopic (exact) mass is 222 g/mol. The fourth-order valence-electron chi connectivity index (χ4n) is 1.75. The third kappa shape index (κ3) is 2.30. The Bertz CT molecular complexity index is 395. The highest BCUT2D eigenvalue weighted by Gasteiger charge is 2.18. The SMILES string of the molecule is C[C@H]1CN(c2cc(C(=O)O)ccn2)CCO1. The number of aromatic nitrogens is 1. The Hall–Kier alpha value is -1.62. The zero-order valence-electron chi connectivity index (χ0n) is 9.09. The molecule has 0 saturated carbocycles. The third-order valence-corrected chi connectivity index (χ3v) is 2.56. The first-order valence-corrected chi connectivity index (χ1v) is 5.22. The topological polar surface area (TPSA) is 62.7 Å². The van der Waals surface area contributed by atoms with Crippen molar-refractivity contribution >= 4 is 11.8 Å². The van der Waals surface area contributed by atoms with Crippen molar-refractivity contribution in [1.29, 1.82) is 0 Å². The average molecular weight is 222 g/mol. The maximum Gasteiger partial charge on any atom is 0.335 e. The third-order valence-electron chi connectivity index (χ3n) is 2.56. The Kier molecular flexibility index (Phi) is 3.05. The van der Waals surface area contributed by atoms with Gasteiger partial charge in [-0.05, 0) is 19.1 Å². The molecule has 1 aliphatic heterocycles. The van der Waals surface area contributed by atoms with E-state index >= 15 is 0 Å². The fraction of sp³-hybridized carbons (Fsp3) is 0.455. The van der Waals surface area contributed by atoms with Crippen LogP contribution in [0, 0.1) is 0 Å². The molecule has 1 atom stereocenters. The molecule has 2 heterocycles. The Morgan fingerprint density at radius 3 is 3.19 bits per heavy atom. The number of carbonyl (C=O) groups is 1. The van der Waals surface area contributed by atoms with E-state index < -0.39 is 5.97 Å². The molecule has 0 bridgehead atoms. The van der Waals surface area contributed by atoms with Gasteiger partial charge in [-0.2, -0.15) is 0 Å². The van der Waals surface area contributed by atoms with Gasteiger partial charge in [-0.3, -0.25) is 0 Å². The van der Waals surface area contributed by atoms with Crippen molar-refractivity contribution in [2.24, 2.45) is 0 Å². The molecule has 0 amide bonds. The first-order valence-electron chi connectivity index (χ1n) is 5.22. The second kappa shape index (κ2) is 4.49. The molecule has 0 unspecified atom stereocenters. The van der Waals surface area contributed by atoms with Gasteiger partial charge in [-0.25, -0.2) is 9.78 Å². The van der Waals surface area contributed by atoms with Crippen molar-refractivity contribution in [3.63, 3.8) is 0 Å². The van der Waals surface area contributed by atoms with Gasteiger partial charge >= 0.3 is 5.97 Å². The lowest BCUT2D eigenvalue weighted by molar-refractivity contribution is 0.0529. The summed E-state index contributed by atoms with van der Waals surface area (Å²) < 4.78 is 5.42. The van der Waals surface area contributed by atoms with Crippen LogP contribution < -0.4 is 4.90 Å². The number of carboxylic acids is 1.